The van der Waals surface area contributed by atoms with Crippen LogP contribution in [0.1, 0.15) is 48.9 Å². The Morgan fingerprint density at radius 3 is 2.55 bits per heavy atom. The first-order chi connectivity index (χ1) is 9.79. The molecule has 4 nitrogen and oxygen atoms in total. The summed E-state index contributed by atoms with van der Waals surface area (Å²) in [6.45, 7) is 4.22. The fraction of sp³-hybridized carbons (Fsp3) is 0.500. The Balaban J connectivity index is 2.17. The molecule has 1 radical (unpaired) electrons. The van der Waals surface area contributed by atoms with Crippen molar-refractivity contribution in [1.29, 1.82) is 0 Å². The number of methoxy groups -OCH3 is 1. The summed E-state index contributed by atoms with van der Waals surface area (Å²) in [4.78, 5) is 21.5. The van der Waals surface area contributed by atoms with Crippen molar-refractivity contribution < 1.29 is 19.3 Å². The van der Waals surface area contributed by atoms with Crippen molar-refractivity contribution >= 4 is 5.97 Å². The summed E-state index contributed by atoms with van der Waals surface area (Å²) in [7, 11) is 1.51. The first kappa shape index (κ1) is 16.5. The standard InChI is InChI=1S/C16H23O4/c1-3-4-5-6-7-10-13-19-20-16(17)14-11-8-9-12-15(14)18-2/h8-9,11-12H,1,3-7,10,13H2,2H3. The van der Waals surface area contributed by atoms with Gasteiger partial charge in [-0.05, 0) is 18.6 Å². The molecule has 4 heteroatoms. The number of rotatable bonds is 10. The summed E-state index contributed by atoms with van der Waals surface area (Å²) in [6, 6.07) is 6.90. The number of hydrogen-bond acceptors (Lipinski definition) is 4. The van der Waals surface area contributed by atoms with E-state index in [2.05, 4.69) is 6.92 Å². The molecule has 0 heterocycles. The number of unbranched alkanes of at least 4 members (excludes halogenated alkanes) is 5. The lowest BCUT2D eigenvalue weighted by molar-refractivity contribution is -0.241. The van der Waals surface area contributed by atoms with Crippen LogP contribution < -0.4 is 4.74 Å². The summed E-state index contributed by atoms with van der Waals surface area (Å²) in [5.74, 6) is -0.0474. The first-order valence-electron chi connectivity index (χ1n) is 7.05. The molecule has 0 fully saturated rings. The number of benzene rings is 1. The van der Waals surface area contributed by atoms with Crippen LogP contribution in [-0.2, 0) is 9.78 Å². The van der Waals surface area contributed by atoms with Gasteiger partial charge in [-0.2, -0.15) is 4.89 Å². The van der Waals surface area contributed by atoms with Gasteiger partial charge in [0.15, 0.2) is 0 Å². The predicted octanol–water partition coefficient (Wildman–Crippen LogP) is 3.96. The highest BCUT2D eigenvalue weighted by atomic mass is 17.2. The summed E-state index contributed by atoms with van der Waals surface area (Å²) in [5.41, 5.74) is 0.366. The van der Waals surface area contributed by atoms with Gasteiger partial charge in [-0.15, -0.1) is 0 Å². The second-order valence-electron chi connectivity index (χ2n) is 4.51. The smallest absolute Gasteiger partial charge is 0.376 e. The van der Waals surface area contributed by atoms with Gasteiger partial charge in [0, 0.05) is 0 Å². The zero-order chi connectivity index (χ0) is 14.6. The summed E-state index contributed by atoms with van der Waals surface area (Å²) >= 11 is 0. The molecule has 1 aromatic carbocycles. The van der Waals surface area contributed by atoms with Crippen molar-refractivity contribution in [3.8, 4) is 5.75 Å². The lowest BCUT2D eigenvalue weighted by Crippen LogP contribution is -2.08. The van der Waals surface area contributed by atoms with Gasteiger partial charge in [-0.25, -0.2) is 4.79 Å². The normalized spacial score (nSPS) is 10.3. The Bertz CT molecular complexity index is 390. The molecule has 0 unspecified atom stereocenters. The molecule has 0 amide bonds. The molecule has 0 spiro atoms. The van der Waals surface area contributed by atoms with E-state index >= 15 is 0 Å². The summed E-state index contributed by atoms with van der Waals surface area (Å²) in [5, 5.41) is 0. The third-order valence-electron chi connectivity index (χ3n) is 2.94. The lowest BCUT2D eigenvalue weighted by atomic mass is 10.1. The number of carbonyl (C=O) groups is 1. The van der Waals surface area contributed by atoms with Crippen molar-refractivity contribution in [2.24, 2.45) is 0 Å². The third kappa shape index (κ3) is 6.06. The minimum atomic E-state index is -0.528. The summed E-state index contributed by atoms with van der Waals surface area (Å²) < 4.78 is 5.09. The van der Waals surface area contributed by atoms with Crippen LogP contribution in [0, 0.1) is 6.92 Å². The second-order valence-corrected chi connectivity index (χ2v) is 4.51. The molecule has 20 heavy (non-hydrogen) atoms. The molecule has 1 rings (SSSR count). The van der Waals surface area contributed by atoms with Gasteiger partial charge in [0.2, 0.25) is 0 Å². The number of hydrogen-bond donors (Lipinski definition) is 0. The van der Waals surface area contributed by atoms with E-state index in [-0.39, 0.29) is 0 Å². The first-order valence-corrected chi connectivity index (χ1v) is 7.05. The topological polar surface area (TPSA) is 44.8 Å². The average Bonchev–Trinajstić information content (AvgIpc) is 2.49. The molecular formula is C16H23O4. The zero-order valence-electron chi connectivity index (χ0n) is 12.1. The fourth-order valence-corrected chi connectivity index (χ4v) is 1.82. The van der Waals surface area contributed by atoms with Gasteiger partial charge in [0.1, 0.15) is 11.3 Å². The van der Waals surface area contributed by atoms with Gasteiger partial charge in [-0.3, -0.25) is 4.89 Å². The van der Waals surface area contributed by atoms with Crippen LogP contribution in [-0.4, -0.2) is 19.7 Å². The molecule has 0 aromatic heterocycles. The highest BCUT2D eigenvalue weighted by molar-refractivity contribution is 5.92. The number of carbonyl (C=O) groups excluding carboxylic acids is 1. The van der Waals surface area contributed by atoms with Crippen LogP contribution >= 0.6 is 0 Å². The van der Waals surface area contributed by atoms with E-state index in [1.54, 1.807) is 24.3 Å². The minimum Gasteiger partial charge on any atom is -0.496 e. The Morgan fingerprint density at radius 2 is 1.80 bits per heavy atom. The molecule has 1 aromatic rings. The quantitative estimate of drug-likeness (QED) is 0.369. The van der Waals surface area contributed by atoms with Crippen LogP contribution in [0.5, 0.6) is 5.75 Å². The van der Waals surface area contributed by atoms with Crippen LogP contribution in [0.4, 0.5) is 0 Å². The summed E-state index contributed by atoms with van der Waals surface area (Å²) in [6.07, 6.45) is 6.49. The molecule has 0 bridgehead atoms. The van der Waals surface area contributed by atoms with Gasteiger partial charge < -0.3 is 4.74 Å². The molecule has 0 aliphatic heterocycles. The average molecular weight is 279 g/mol. The SMILES string of the molecule is [CH2]CCCCCCCOOC(=O)c1ccccc1OC. The van der Waals surface area contributed by atoms with Crippen molar-refractivity contribution in [3.05, 3.63) is 36.8 Å². The minimum absolute atomic E-state index is 0.366. The molecule has 0 aliphatic carbocycles. The highest BCUT2D eigenvalue weighted by Gasteiger charge is 2.13. The molecule has 0 aliphatic rings. The third-order valence-corrected chi connectivity index (χ3v) is 2.94. The van der Waals surface area contributed by atoms with E-state index < -0.39 is 5.97 Å². The van der Waals surface area contributed by atoms with Crippen LogP contribution in [0.15, 0.2) is 24.3 Å². The Labute approximate surface area is 121 Å². The molecule has 0 saturated heterocycles. The van der Waals surface area contributed by atoms with Crippen molar-refractivity contribution in [3.63, 3.8) is 0 Å². The number of ether oxygens (including phenoxy) is 1. The van der Waals surface area contributed by atoms with Crippen molar-refractivity contribution in [1.82, 2.24) is 0 Å². The van der Waals surface area contributed by atoms with Crippen molar-refractivity contribution in [2.75, 3.05) is 13.7 Å². The zero-order valence-corrected chi connectivity index (χ0v) is 12.1. The molecule has 0 saturated carbocycles. The van der Waals surface area contributed by atoms with E-state index in [9.17, 15) is 4.79 Å². The van der Waals surface area contributed by atoms with E-state index in [0.29, 0.717) is 17.9 Å². The van der Waals surface area contributed by atoms with Crippen LogP contribution in [0.25, 0.3) is 0 Å². The van der Waals surface area contributed by atoms with Crippen LogP contribution in [0.2, 0.25) is 0 Å². The number of para-hydroxylation sites is 1. The van der Waals surface area contributed by atoms with Crippen LogP contribution in [0.3, 0.4) is 0 Å². The monoisotopic (exact) mass is 279 g/mol. The Kier molecular flexibility index (Phi) is 8.47. The maximum absolute atomic E-state index is 11.8. The van der Waals surface area contributed by atoms with Gasteiger partial charge in [0.25, 0.3) is 0 Å². The second kappa shape index (κ2) is 10.3. The largest absolute Gasteiger partial charge is 0.496 e. The van der Waals surface area contributed by atoms with Gasteiger partial charge >= 0.3 is 5.97 Å². The Hall–Kier alpha value is -1.55. The maximum Gasteiger partial charge on any atom is 0.376 e. The van der Waals surface area contributed by atoms with E-state index in [0.717, 1.165) is 19.3 Å². The highest BCUT2D eigenvalue weighted by Crippen LogP contribution is 2.18. The molecule has 0 atom stereocenters. The lowest BCUT2D eigenvalue weighted by Gasteiger charge is -2.07. The van der Waals surface area contributed by atoms with E-state index in [1.807, 2.05) is 0 Å². The van der Waals surface area contributed by atoms with E-state index in [4.69, 9.17) is 14.5 Å². The molecule has 0 N–H and O–H groups in total. The van der Waals surface area contributed by atoms with E-state index in [1.165, 1.54) is 26.4 Å². The predicted molar refractivity (Wildman–Crippen MR) is 77.4 cm³/mol. The van der Waals surface area contributed by atoms with Crippen molar-refractivity contribution in [2.45, 2.75) is 38.5 Å². The fourth-order valence-electron chi connectivity index (χ4n) is 1.82. The Morgan fingerprint density at radius 1 is 1.10 bits per heavy atom. The molecular weight excluding hydrogens is 256 g/mol. The van der Waals surface area contributed by atoms with Gasteiger partial charge in [0.05, 0.1) is 13.7 Å². The maximum atomic E-state index is 11.8. The molecule has 111 valence electrons. The van der Waals surface area contributed by atoms with Gasteiger partial charge in [-0.1, -0.05) is 51.2 Å².